The van der Waals surface area contributed by atoms with Crippen molar-refractivity contribution < 1.29 is 0 Å². The van der Waals surface area contributed by atoms with E-state index in [0.29, 0.717) is 5.92 Å². The van der Waals surface area contributed by atoms with Gasteiger partial charge in [-0.05, 0) is 103 Å². The fourth-order valence-corrected chi connectivity index (χ4v) is 8.18. The van der Waals surface area contributed by atoms with Gasteiger partial charge in [0.25, 0.3) is 0 Å². The van der Waals surface area contributed by atoms with Crippen molar-refractivity contribution in [1.82, 2.24) is 4.57 Å². The average Bonchev–Trinajstić information content (AvgIpc) is 3.70. The minimum absolute atomic E-state index is 0.237. The van der Waals surface area contributed by atoms with Crippen LogP contribution in [0.15, 0.2) is 151 Å². The number of nitrogens with one attached hydrogen (secondary N) is 1. The second-order valence-electron chi connectivity index (χ2n) is 14.3. The molecule has 0 spiro atoms. The van der Waals surface area contributed by atoms with Crippen LogP contribution in [-0.4, -0.2) is 10.3 Å². The molecule has 2 aliphatic rings. The van der Waals surface area contributed by atoms with Gasteiger partial charge in [-0.25, -0.2) is 0 Å². The first-order valence-electron chi connectivity index (χ1n) is 18.7. The summed E-state index contributed by atoms with van der Waals surface area (Å²) in [5, 5.41) is 5.88. The van der Waals surface area contributed by atoms with E-state index < -0.39 is 0 Å². The second-order valence-corrected chi connectivity index (χ2v) is 14.3. The number of aromatic nitrogens is 1. The van der Waals surface area contributed by atoms with E-state index in [2.05, 4.69) is 170 Å². The average molecular weight is 676 g/mol. The van der Waals surface area contributed by atoms with Crippen molar-refractivity contribution in [3.05, 3.63) is 180 Å². The highest BCUT2D eigenvalue weighted by Gasteiger charge is 2.27. The molecule has 1 atom stereocenters. The number of aliphatic imine (C=N–C) groups is 1. The first-order valence-corrected chi connectivity index (χ1v) is 18.7. The van der Waals surface area contributed by atoms with Crippen LogP contribution in [0.5, 0.6) is 0 Å². The zero-order valence-electron chi connectivity index (χ0n) is 30.3. The molecule has 256 valence electrons. The third-order valence-electron chi connectivity index (χ3n) is 11.1. The van der Waals surface area contributed by atoms with E-state index in [1.54, 1.807) is 0 Å². The van der Waals surface area contributed by atoms with Gasteiger partial charge in [0, 0.05) is 57.0 Å². The molecule has 1 aliphatic heterocycles. The van der Waals surface area contributed by atoms with Crippen molar-refractivity contribution in [3.63, 3.8) is 0 Å². The molecule has 1 unspecified atom stereocenters. The largest absolute Gasteiger partial charge is 0.359 e. The maximum atomic E-state index is 5.23. The van der Waals surface area contributed by atoms with Crippen LogP contribution in [0.1, 0.15) is 80.5 Å². The number of rotatable bonds is 9. The lowest BCUT2D eigenvalue weighted by molar-refractivity contribution is 0.401. The molecule has 0 bridgehead atoms. The number of nitrogens with zero attached hydrogens (tertiary/aromatic N) is 2. The molecule has 1 saturated carbocycles. The van der Waals surface area contributed by atoms with Gasteiger partial charge >= 0.3 is 0 Å². The first kappa shape index (κ1) is 33.3. The van der Waals surface area contributed by atoms with Gasteiger partial charge in [-0.15, -0.1) is 0 Å². The molecule has 3 heteroatoms. The fraction of sp³-hybridized carbons (Fsp3) is 0.204. The Morgan fingerprint density at radius 3 is 2.35 bits per heavy atom. The summed E-state index contributed by atoms with van der Waals surface area (Å²) in [5.74, 6) is 0.692. The van der Waals surface area contributed by atoms with Crippen LogP contribution in [0, 0.1) is 18.1 Å². The highest BCUT2D eigenvalue weighted by atomic mass is 15.0. The van der Waals surface area contributed by atoms with E-state index in [9.17, 15) is 0 Å². The van der Waals surface area contributed by atoms with Gasteiger partial charge in [0.15, 0.2) is 0 Å². The molecule has 6 aromatic rings. The summed E-state index contributed by atoms with van der Waals surface area (Å²) in [6.45, 7) is 13.2. The number of anilines is 1. The molecular weight excluding hydrogens is 631 g/mol. The molecule has 0 saturated heterocycles. The molecular formula is C49H45N3. The molecule has 1 fully saturated rings. The highest BCUT2D eigenvalue weighted by molar-refractivity contribution is 6.13. The van der Waals surface area contributed by atoms with E-state index in [-0.39, 0.29) is 5.92 Å². The molecule has 3 nitrogen and oxygen atoms in total. The summed E-state index contributed by atoms with van der Waals surface area (Å²) in [7, 11) is 0. The summed E-state index contributed by atoms with van der Waals surface area (Å²) >= 11 is 0. The summed E-state index contributed by atoms with van der Waals surface area (Å²) in [5.41, 5.74) is 14.9. The molecule has 0 radical (unpaired) electrons. The van der Waals surface area contributed by atoms with E-state index in [0.717, 1.165) is 45.8 Å². The van der Waals surface area contributed by atoms with Crippen LogP contribution >= 0.6 is 0 Å². The lowest BCUT2D eigenvalue weighted by atomic mass is 9.87. The van der Waals surface area contributed by atoms with Gasteiger partial charge < -0.3 is 9.88 Å². The molecule has 8 rings (SSSR count). The Morgan fingerprint density at radius 1 is 0.827 bits per heavy atom. The van der Waals surface area contributed by atoms with E-state index >= 15 is 0 Å². The topological polar surface area (TPSA) is 29.3 Å². The van der Waals surface area contributed by atoms with Gasteiger partial charge in [0.1, 0.15) is 0 Å². The van der Waals surface area contributed by atoms with E-state index in [1.807, 2.05) is 0 Å². The van der Waals surface area contributed by atoms with Crippen LogP contribution in [-0.2, 0) is 0 Å². The third-order valence-corrected chi connectivity index (χ3v) is 11.1. The van der Waals surface area contributed by atoms with Gasteiger partial charge in [0.2, 0.25) is 0 Å². The number of hydrogen-bond acceptors (Lipinski definition) is 2. The first-order chi connectivity index (χ1) is 25.5. The molecule has 0 amide bonds. The Morgan fingerprint density at radius 2 is 1.56 bits per heavy atom. The fourth-order valence-electron chi connectivity index (χ4n) is 8.18. The summed E-state index contributed by atoms with van der Waals surface area (Å²) in [4.78, 5) is 5.23. The standard InChI is InChI=1S/C49H45N3/c1-5-36(31-44-35(4)51-46-22-14-12-20-42(44)46)40-26-29-49-45(32-40)43-21-13-15-23-48(43)52(49)41-27-24-39(25-28-41)47(30-33(2)37-16-8-6-9-17-37)50-34(3)38-18-10-7-11-19-38/h5-6,8-9,12,14,16-17,20-30,32,38,44,51H,3-4,7,10-11,18-19,31H2,1-2H3/b33-30+,36-5+,50-47?. The second kappa shape index (κ2) is 14.4. The van der Waals surface area contributed by atoms with Crippen LogP contribution in [0.25, 0.3) is 38.6 Å². The molecule has 1 aliphatic carbocycles. The lowest BCUT2D eigenvalue weighted by Gasteiger charge is -2.22. The maximum absolute atomic E-state index is 5.23. The predicted molar refractivity (Wildman–Crippen MR) is 221 cm³/mol. The molecule has 1 N–H and O–H groups in total. The van der Waals surface area contributed by atoms with E-state index in [1.165, 1.54) is 76.4 Å². The van der Waals surface area contributed by atoms with E-state index in [4.69, 9.17) is 4.99 Å². The molecule has 5 aromatic carbocycles. The molecule has 52 heavy (non-hydrogen) atoms. The Labute approximate surface area is 308 Å². The molecule has 1 aromatic heterocycles. The number of hydrogen-bond donors (Lipinski definition) is 1. The monoisotopic (exact) mass is 675 g/mol. The SMILES string of the molecule is C=C(N=C(/C=C(\C)c1ccccc1)c1ccc(-n2c3cc#ccc3c3cc(/C(=C/C)CC4C(=C)Nc5ccccc54)ccc32)cc1)C1CCCCC1. The van der Waals surface area contributed by atoms with Crippen molar-refractivity contribution in [2.75, 3.05) is 5.32 Å². The lowest BCUT2D eigenvalue weighted by Crippen LogP contribution is -2.09. The van der Waals surface area contributed by atoms with Crippen molar-refractivity contribution >= 4 is 44.4 Å². The minimum atomic E-state index is 0.237. The minimum Gasteiger partial charge on any atom is -0.359 e. The highest BCUT2D eigenvalue weighted by Crippen LogP contribution is 2.43. The van der Waals surface area contributed by atoms with Crippen LogP contribution in [0.3, 0.4) is 0 Å². The maximum Gasteiger partial charge on any atom is 0.0708 e. The van der Waals surface area contributed by atoms with Crippen LogP contribution in [0.2, 0.25) is 0 Å². The quantitative estimate of drug-likeness (QED) is 0.152. The summed E-state index contributed by atoms with van der Waals surface area (Å²) in [6.07, 6.45) is 11.6. The van der Waals surface area contributed by atoms with Crippen molar-refractivity contribution in [1.29, 1.82) is 0 Å². The number of para-hydroxylation sites is 1. The number of benzene rings is 4. The zero-order chi connectivity index (χ0) is 35.6. The van der Waals surface area contributed by atoms with Crippen molar-refractivity contribution in [3.8, 4) is 5.69 Å². The van der Waals surface area contributed by atoms with Crippen molar-refractivity contribution in [2.24, 2.45) is 10.9 Å². The summed E-state index contributed by atoms with van der Waals surface area (Å²) in [6, 6.07) is 45.4. The Bertz CT molecular complexity index is 2380. The zero-order valence-corrected chi connectivity index (χ0v) is 30.3. The number of allylic oxidation sites excluding steroid dienone is 6. The van der Waals surface area contributed by atoms with Crippen LogP contribution in [0.4, 0.5) is 5.69 Å². The van der Waals surface area contributed by atoms with Crippen LogP contribution < -0.4 is 5.32 Å². The van der Waals surface area contributed by atoms with Gasteiger partial charge in [0.05, 0.1) is 16.7 Å². The third kappa shape index (κ3) is 6.42. The van der Waals surface area contributed by atoms with Gasteiger partial charge in [-0.1, -0.05) is 117 Å². The van der Waals surface area contributed by atoms with Crippen molar-refractivity contribution in [2.45, 2.75) is 58.3 Å². The normalized spacial score (nSPS) is 16.9. The Balaban J connectivity index is 1.15. The smallest absolute Gasteiger partial charge is 0.0708 e. The molecule has 2 heterocycles. The Kier molecular flexibility index (Phi) is 9.23. The Hall–Kier alpha value is -5.85. The van der Waals surface area contributed by atoms with Gasteiger partial charge in [-0.3, -0.25) is 4.99 Å². The summed E-state index contributed by atoms with van der Waals surface area (Å²) < 4.78 is 2.35. The van der Waals surface area contributed by atoms with Gasteiger partial charge in [-0.2, -0.15) is 0 Å². The number of fused-ring (bicyclic) bond motifs is 4. The predicted octanol–water partition coefficient (Wildman–Crippen LogP) is 12.9.